The van der Waals surface area contributed by atoms with Gasteiger partial charge < -0.3 is 0 Å². The molecule has 3 rings (SSSR count). The lowest BCUT2D eigenvalue weighted by molar-refractivity contribution is 0.0599. The Morgan fingerprint density at radius 3 is 2.31 bits per heavy atom. The minimum absolute atomic E-state index is 0.636. The molecule has 0 aromatic rings. The van der Waals surface area contributed by atoms with Crippen LogP contribution in [-0.4, -0.2) is 23.5 Å². The third-order valence-electron chi connectivity index (χ3n) is 5.21. The number of piperidine rings is 1. The van der Waals surface area contributed by atoms with E-state index < -0.39 is 0 Å². The van der Waals surface area contributed by atoms with Crippen molar-refractivity contribution < 1.29 is 0 Å². The van der Waals surface area contributed by atoms with Gasteiger partial charge >= 0.3 is 0 Å². The van der Waals surface area contributed by atoms with Crippen LogP contribution in [0.15, 0.2) is 11.6 Å². The number of hydrogen-bond donors (Lipinski definition) is 0. The maximum atomic E-state index is 2.77. The lowest BCUT2D eigenvalue weighted by atomic mass is 9.61. The van der Waals surface area contributed by atoms with Crippen molar-refractivity contribution in [2.75, 3.05) is 6.54 Å². The zero-order chi connectivity index (χ0) is 11.3. The van der Waals surface area contributed by atoms with Gasteiger partial charge in [-0.15, -0.1) is 0 Å². The van der Waals surface area contributed by atoms with E-state index in [9.17, 15) is 0 Å². The predicted octanol–water partition coefficient (Wildman–Crippen LogP) is 3.61. The first kappa shape index (κ1) is 10.8. The molecule has 1 aliphatic carbocycles. The SMILES string of the molecule is CCN1C2CCC1CC1(C=C(C(C)C)C1)C2. The molecule has 2 fully saturated rings. The van der Waals surface area contributed by atoms with Crippen molar-refractivity contribution in [3.63, 3.8) is 0 Å². The molecule has 1 spiro atoms. The fourth-order valence-electron chi connectivity index (χ4n) is 4.40. The van der Waals surface area contributed by atoms with Crippen LogP contribution in [0.25, 0.3) is 0 Å². The van der Waals surface area contributed by atoms with Crippen LogP contribution in [0.2, 0.25) is 0 Å². The second-order valence-corrected chi connectivity index (χ2v) is 6.54. The smallest absolute Gasteiger partial charge is 0.0107 e. The van der Waals surface area contributed by atoms with E-state index >= 15 is 0 Å². The summed E-state index contributed by atoms with van der Waals surface area (Å²) in [6.45, 7) is 8.29. The Morgan fingerprint density at radius 1 is 1.31 bits per heavy atom. The van der Waals surface area contributed by atoms with Gasteiger partial charge in [0.15, 0.2) is 0 Å². The van der Waals surface area contributed by atoms with Crippen molar-refractivity contribution in [3.8, 4) is 0 Å². The molecule has 3 aliphatic rings. The molecule has 2 heterocycles. The molecule has 1 heteroatoms. The highest BCUT2D eigenvalue weighted by atomic mass is 15.2. The van der Waals surface area contributed by atoms with Crippen LogP contribution in [0.1, 0.15) is 52.9 Å². The zero-order valence-electron chi connectivity index (χ0n) is 11.0. The Labute approximate surface area is 99.9 Å². The lowest BCUT2D eigenvalue weighted by Gasteiger charge is -2.50. The molecule has 2 bridgehead atoms. The van der Waals surface area contributed by atoms with Crippen molar-refractivity contribution >= 4 is 0 Å². The third-order valence-corrected chi connectivity index (χ3v) is 5.21. The van der Waals surface area contributed by atoms with Crippen LogP contribution in [0, 0.1) is 11.3 Å². The van der Waals surface area contributed by atoms with Crippen LogP contribution >= 0.6 is 0 Å². The van der Waals surface area contributed by atoms with E-state index in [0.717, 1.165) is 18.0 Å². The number of fused-ring (bicyclic) bond motifs is 2. The summed E-state index contributed by atoms with van der Waals surface area (Å²) < 4.78 is 0. The van der Waals surface area contributed by atoms with E-state index in [-0.39, 0.29) is 0 Å². The van der Waals surface area contributed by atoms with E-state index in [0.29, 0.717) is 5.41 Å². The zero-order valence-corrected chi connectivity index (χ0v) is 11.0. The van der Waals surface area contributed by atoms with E-state index in [1.807, 2.05) is 0 Å². The minimum atomic E-state index is 0.636. The molecule has 2 saturated heterocycles. The maximum absolute atomic E-state index is 2.77. The highest BCUT2D eigenvalue weighted by Crippen LogP contribution is 2.55. The second kappa shape index (κ2) is 3.60. The number of rotatable bonds is 2. The van der Waals surface area contributed by atoms with Gasteiger partial charge in [-0.05, 0) is 50.0 Å². The number of nitrogens with zero attached hydrogens (tertiary/aromatic N) is 1. The Hall–Kier alpha value is -0.300. The van der Waals surface area contributed by atoms with Gasteiger partial charge in [-0.1, -0.05) is 32.4 Å². The van der Waals surface area contributed by atoms with Crippen molar-refractivity contribution in [2.45, 2.75) is 65.0 Å². The van der Waals surface area contributed by atoms with Crippen molar-refractivity contribution in [1.82, 2.24) is 4.90 Å². The summed E-state index contributed by atoms with van der Waals surface area (Å²) in [7, 11) is 0. The van der Waals surface area contributed by atoms with Crippen molar-refractivity contribution in [2.24, 2.45) is 11.3 Å². The van der Waals surface area contributed by atoms with E-state index in [1.165, 1.54) is 38.6 Å². The van der Waals surface area contributed by atoms with Gasteiger partial charge in [0.25, 0.3) is 0 Å². The van der Waals surface area contributed by atoms with Gasteiger partial charge in [0.2, 0.25) is 0 Å². The molecular formula is C15H25N. The normalized spacial score (nSPS) is 42.6. The Bertz CT molecular complexity index is 301. The summed E-state index contributed by atoms with van der Waals surface area (Å²) in [4.78, 5) is 2.77. The molecule has 1 nitrogen and oxygen atoms in total. The van der Waals surface area contributed by atoms with E-state index in [4.69, 9.17) is 0 Å². The molecule has 2 aliphatic heterocycles. The summed E-state index contributed by atoms with van der Waals surface area (Å²) in [5.74, 6) is 0.785. The molecule has 2 unspecified atom stereocenters. The van der Waals surface area contributed by atoms with Gasteiger partial charge in [0, 0.05) is 12.1 Å². The van der Waals surface area contributed by atoms with Gasteiger partial charge in [-0.2, -0.15) is 0 Å². The molecular weight excluding hydrogens is 194 g/mol. The fourth-order valence-corrected chi connectivity index (χ4v) is 4.40. The summed E-state index contributed by atoms with van der Waals surface area (Å²) >= 11 is 0. The summed E-state index contributed by atoms with van der Waals surface area (Å²) in [6, 6.07) is 1.82. The Kier molecular flexibility index (Phi) is 2.43. The van der Waals surface area contributed by atoms with Crippen LogP contribution in [0.3, 0.4) is 0 Å². The molecule has 0 aromatic heterocycles. The summed E-state index contributed by atoms with van der Waals surface area (Å²) in [5, 5.41) is 0. The highest BCUT2D eigenvalue weighted by Gasteiger charge is 2.49. The molecule has 0 radical (unpaired) electrons. The number of hydrogen-bond acceptors (Lipinski definition) is 1. The largest absolute Gasteiger partial charge is 0.298 e. The quantitative estimate of drug-likeness (QED) is 0.641. The van der Waals surface area contributed by atoms with Gasteiger partial charge in [0.05, 0.1) is 0 Å². The Balaban J connectivity index is 1.75. The van der Waals surface area contributed by atoms with E-state index in [1.54, 1.807) is 5.57 Å². The van der Waals surface area contributed by atoms with Crippen LogP contribution in [-0.2, 0) is 0 Å². The third kappa shape index (κ3) is 1.48. The highest BCUT2D eigenvalue weighted by molar-refractivity contribution is 5.28. The molecule has 0 aromatic carbocycles. The van der Waals surface area contributed by atoms with Crippen LogP contribution in [0.4, 0.5) is 0 Å². The maximum Gasteiger partial charge on any atom is 0.0107 e. The van der Waals surface area contributed by atoms with E-state index in [2.05, 4.69) is 31.7 Å². The van der Waals surface area contributed by atoms with Gasteiger partial charge in [0.1, 0.15) is 0 Å². The topological polar surface area (TPSA) is 3.24 Å². The lowest BCUT2D eigenvalue weighted by Crippen LogP contribution is -2.49. The van der Waals surface area contributed by atoms with Gasteiger partial charge in [-0.25, -0.2) is 0 Å². The summed E-state index contributed by atoms with van der Waals surface area (Å²) in [5.41, 5.74) is 2.36. The number of allylic oxidation sites excluding steroid dienone is 2. The average Bonchev–Trinajstić information content (AvgIpc) is 2.44. The average molecular weight is 219 g/mol. The summed E-state index contributed by atoms with van der Waals surface area (Å²) in [6.07, 6.45) is 9.89. The molecule has 0 saturated carbocycles. The molecule has 0 N–H and O–H groups in total. The van der Waals surface area contributed by atoms with Crippen molar-refractivity contribution in [3.05, 3.63) is 11.6 Å². The molecule has 0 amide bonds. The van der Waals surface area contributed by atoms with Crippen molar-refractivity contribution in [1.29, 1.82) is 0 Å². The predicted molar refractivity (Wildman–Crippen MR) is 68.4 cm³/mol. The first-order valence-corrected chi connectivity index (χ1v) is 7.11. The van der Waals surface area contributed by atoms with Crippen LogP contribution in [0.5, 0.6) is 0 Å². The standard InChI is InChI=1S/C15H25N/c1-4-16-13-5-6-14(16)10-15(9-13)7-12(8-15)11(2)3/h7,11,13-14H,4-6,8-10H2,1-3H3. The monoisotopic (exact) mass is 219 g/mol. The first-order chi connectivity index (χ1) is 7.63. The Morgan fingerprint density at radius 2 is 1.88 bits per heavy atom. The van der Waals surface area contributed by atoms with Crippen LogP contribution < -0.4 is 0 Å². The molecule has 2 atom stereocenters. The molecule has 90 valence electrons. The molecule has 16 heavy (non-hydrogen) atoms. The van der Waals surface area contributed by atoms with Gasteiger partial charge in [-0.3, -0.25) is 4.90 Å². The second-order valence-electron chi connectivity index (χ2n) is 6.54. The first-order valence-electron chi connectivity index (χ1n) is 7.11. The minimum Gasteiger partial charge on any atom is -0.298 e. The fraction of sp³-hybridized carbons (Fsp3) is 0.867.